The van der Waals surface area contributed by atoms with Crippen LogP contribution in [0.2, 0.25) is 0 Å². The summed E-state index contributed by atoms with van der Waals surface area (Å²) in [7, 11) is -3.44. The Hall–Kier alpha value is -2.29. The number of nitrogens with one attached hydrogen (secondary N) is 1. The van der Waals surface area contributed by atoms with Crippen molar-refractivity contribution in [2.45, 2.75) is 57.7 Å². The molecule has 6 nitrogen and oxygen atoms in total. The Morgan fingerprint density at radius 2 is 2.00 bits per heavy atom. The van der Waals surface area contributed by atoms with E-state index in [2.05, 4.69) is 35.6 Å². The van der Waals surface area contributed by atoms with Crippen molar-refractivity contribution in [2.24, 2.45) is 0 Å². The van der Waals surface area contributed by atoms with Crippen LogP contribution in [-0.4, -0.2) is 55.1 Å². The number of nitrogens with zero attached hydrogens (tertiary/aromatic N) is 2. The largest absolute Gasteiger partial charge is 0.348 e. The van der Waals surface area contributed by atoms with Crippen LogP contribution in [0.4, 0.5) is 0 Å². The van der Waals surface area contributed by atoms with Crippen LogP contribution in [0.25, 0.3) is 10.1 Å². The maximum absolute atomic E-state index is 13.2. The predicted octanol–water partition coefficient (Wildman–Crippen LogP) is 5.11. The number of sulfone groups is 1. The van der Waals surface area contributed by atoms with Gasteiger partial charge in [-0.2, -0.15) is 0 Å². The zero-order chi connectivity index (χ0) is 24.7. The van der Waals surface area contributed by atoms with Crippen LogP contribution in [0, 0.1) is 0 Å². The molecule has 0 unspecified atom stereocenters. The molecule has 0 radical (unpaired) electrons. The van der Waals surface area contributed by atoms with Crippen molar-refractivity contribution in [3.8, 4) is 0 Å². The second kappa shape index (κ2) is 11.9. The third-order valence-corrected chi connectivity index (χ3v) is 9.90. The molecule has 1 aliphatic heterocycles. The van der Waals surface area contributed by atoms with E-state index in [4.69, 9.17) is 0 Å². The molecule has 1 aliphatic rings. The summed E-state index contributed by atoms with van der Waals surface area (Å²) in [4.78, 5) is 19.9. The number of allylic oxidation sites excluding steroid dienone is 3. The number of aromatic nitrogens is 1. The number of amides is 1. The molecule has 1 saturated heterocycles. The molecule has 2 aromatic heterocycles. The normalized spacial score (nSPS) is 16.8. The first kappa shape index (κ1) is 26.3. The summed E-state index contributed by atoms with van der Waals surface area (Å²) in [5.74, 6) is -0.154. The lowest BCUT2D eigenvalue weighted by Crippen LogP contribution is -2.44. The number of likely N-dealkylation sites (tertiary alicyclic amines) is 1. The first-order valence-corrected chi connectivity index (χ1v) is 14.3. The van der Waals surface area contributed by atoms with Crippen molar-refractivity contribution in [1.82, 2.24) is 15.2 Å². The molecule has 0 aliphatic carbocycles. The Bertz CT molecular complexity index is 1140. The van der Waals surface area contributed by atoms with Crippen molar-refractivity contribution in [2.75, 3.05) is 19.6 Å². The maximum atomic E-state index is 13.2. The Kier molecular flexibility index (Phi) is 9.22. The highest BCUT2D eigenvalue weighted by Gasteiger charge is 2.33. The van der Waals surface area contributed by atoms with Crippen LogP contribution in [0.3, 0.4) is 0 Å². The van der Waals surface area contributed by atoms with Crippen molar-refractivity contribution in [1.29, 1.82) is 0 Å². The highest BCUT2D eigenvalue weighted by Crippen LogP contribution is 2.27. The fraction of sp³-hybridized carbons (Fsp3) is 0.462. The number of thiophene rings is 1. The van der Waals surface area contributed by atoms with Gasteiger partial charge in [0.25, 0.3) is 5.91 Å². The van der Waals surface area contributed by atoms with Gasteiger partial charge in [-0.15, -0.1) is 11.3 Å². The summed E-state index contributed by atoms with van der Waals surface area (Å²) in [6, 6.07) is 4.27. The minimum absolute atomic E-state index is 0.154. The quantitative estimate of drug-likeness (QED) is 0.458. The van der Waals surface area contributed by atoms with Gasteiger partial charge in [-0.05, 0) is 69.3 Å². The molecule has 0 atom stereocenters. The molecular weight excluding hydrogens is 466 g/mol. The molecule has 8 heteroatoms. The summed E-state index contributed by atoms with van der Waals surface area (Å²) >= 11 is 1.40. The molecule has 0 spiro atoms. The number of carbonyl (C=O) groups is 1. The standard InChI is InChI=1S/C26H35N3O3S2/c1-5-21(6-2)29-14-11-23(12-15-29)34(31,32)22(7-3)9-8-19(4)17-28-26(30)24-16-20-10-13-27-18-25(20)33-24/h7-10,13,16,18,21,23H,3,5-6,11-12,14-15,17H2,1-2,4H3,(H,28,30). The number of pyridine rings is 1. The molecule has 1 amide bonds. The van der Waals surface area contributed by atoms with E-state index in [9.17, 15) is 13.2 Å². The number of rotatable bonds is 10. The molecule has 0 aromatic carbocycles. The zero-order valence-electron chi connectivity index (χ0n) is 20.3. The number of piperidine rings is 1. The predicted molar refractivity (Wildman–Crippen MR) is 142 cm³/mol. The van der Waals surface area contributed by atoms with E-state index in [0.29, 0.717) is 30.3 Å². The Balaban J connectivity index is 1.60. The van der Waals surface area contributed by atoms with Gasteiger partial charge in [-0.1, -0.05) is 38.2 Å². The number of hydrogen-bond donors (Lipinski definition) is 1. The van der Waals surface area contributed by atoms with Gasteiger partial charge in [-0.25, -0.2) is 8.42 Å². The minimum atomic E-state index is -3.44. The lowest BCUT2D eigenvalue weighted by atomic mass is 10.0. The zero-order valence-corrected chi connectivity index (χ0v) is 21.9. The van der Waals surface area contributed by atoms with Crippen molar-refractivity contribution in [3.05, 3.63) is 64.7 Å². The van der Waals surface area contributed by atoms with Crippen molar-refractivity contribution >= 4 is 37.2 Å². The van der Waals surface area contributed by atoms with Gasteiger partial charge >= 0.3 is 0 Å². The van der Waals surface area contributed by atoms with E-state index in [1.165, 1.54) is 17.4 Å². The van der Waals surface area contributed by atoms with Gasteiger partial charge < -0.3 is 10.2 Å². The SMILES string of the molecule is C=CC(=CC=C(C)CNC(=O)c1cc2ccncc2s1)S(=O)(=O)C1CCN(C(CC)CC)CC1. The van der Waals surface area contributed by atoms with Crippen LogP contribution in [0.1, 0.15) is 56.1 Å². The smallest absolute Gasteiger partial charge is 0.261 e. The second-order valence-electron chi connectivity index (χ2n) is 8.74. The molecule has 0 saturated carbocycles. The number of fused-ring (bicyclic) bond motifs is 1. The van der Waals surface area contributed by atoms with Crippen LogP contribution in [-0.2, 0) is 9.84 Å². The van der Waals surface area contributed by atoms with Crippen LogP contribution in [0.15, 0.2) is 59.8 Å². The van der Waals surface area contributed by atoms with E-state index in [0.717, 1.165) is 41.6 Å². The van der Waals surface area contributed by atoms with Gasteiger partial charge in [-0.3, -0.25) is 9.78 Å². The number of hydrogen-bond acceptors (Lipinski definition) is 6. The summed E-state index contributed by atoms with van der Waals surface area (Å²) in [6.45, 7) is 11.9. The molecule has 1 fully saturated rings. The third-order valence-electron chi connectivity index (χ3n) is 6.51. The highest BCUT2D eigenvalue weighted by atomic mass is 32.2. The molecular formula is C26H35N3O3S2. The van der Waals surface area contributed by atoms with E-state index in [1.807, 2.05) is 19.1 Å². The average Bonchev–Trinajstić information content (AvgIpc) is 3.28. The average molecular weight is 502 g/mol. The number of carbonyl (C=O) groups excluding carboxylic acids is 1. The van der Waals surface area contributed by atoms with Crippen LogP contribution < -0.4 is 5.32 Å². The Labute approximate surface area is 207 Å². The first-order chi connectivity index (χ1) is 16.3. The molecule has 0 bridgehead atoms. The Morgan fingerprint density at radius 3 is 2.62 bits per heavy atom. The molecule has 34 heavy (non-hydrogen) atoms. The fourth-order valence-corrected chi connectivity index (χ4v) is 7.07. The van der Waals surface area contributed by atoms with Gasteiger partial charge in [0.15, 0.2) is 9.84 Å². The van der Waals surface area contributed by atoms with Gasteiger partial charge in [0, 0.05) is 25.0 Å². The summed E-state index contributed by atoms with van der Waals surface area (Å²) in [5, 5.41) is 3.52. The molecule has 3 rings (SSSR count). The summed E-state index contributed by atoms with van der Waals surface area (Å²) in [6.07, 6.45) is 11.7. The second-order valence-corrected chi connectivity index (χ2v) is 12.1. The maximum Gasteiger partial charge on any atom is 0.261 e. The van der Waals surface area contributed by atoms with Gasteiger partial charge in [0.1, 0.15) is 0 Å². The highest BCUT2D eigenvalue weighted by molar-refractivity contribution is 7.96. The van der Waals surface area contributed by atoms with E-state index in [1.54, 1.807) is 24.5 Å². The van der Waals surface area contributed by atoms with Crippen LogP contribution in [0.5, 0.6) is 0 Å². The molecule has 184 valence electrons. The lowest BCUT2D eigenvalue weighted by Gasteiger charge is -2.36. The lowest BCUT2D eigenvalue weighted by molar-refractivity contribution is 0.0961. The van der Waals surface area contributed by atoms with Gasteiger partial charge in [0.2, 0.25) is 0 Å². The Morgan fingerprint density at radius 1 is 1.29 bits per heavy atom. The van der Waals surface area contributed by atoms with Crippen LogP contribution >= 0.6 is 11.3 Å². The third kappa shape index (κ3) is 6.23. The van der Waals surface area contributed by atoms with E-state index in [-0.39, 0.29) is 16.1 Å². The molecule has 3 heterocycles. The van der Waals surface area contributed by atoms with Gasteiger partial charge in [0.05, 0.1) is 19.7 Å². The monoisotopic (exact) mass is 501 g/mol. The first-order valence-electron chi connectivity index (χ1n) is 11.9. The van der Waals surface area contributed by atoms with E-state index < -0.39 is 9.84 Å². The topological polar surface area (TPSA) is 79.4 Å². The van der Waals surface area contributed by atoms with Crippen molar-refractivity contribution < 1.29 is 13.2 Å². The van der Waals surface area contributed by atoms with E-state index >= 15 is 0 Å². The molecule has 1 N–H and O–H groups in total. The fourth-order valence-electron chi connectivity index (χ4n) is 4.41. The molecule has 2 aromatic rings. The van der Waals surface area contributed by atoms with Crippen molar-refractivity contribution in [3.63, 3.8) is 0 Å². The summed E-state index contributed by atoms with van der Waals surface area (Å²) in [5.41, 5.74) is 0.856. The minimum Gasteiger partial charge on any atom is -0.348 e. The summed E-state index contributed by atoms with van der Waals surface area (Å²) < 4.78 is 27.4.